The van der Waals surface area contributed by atoms with Gasteiger partial charge < -0.3 is 14.8 Å². The highest BCUT2D eigenvalue weighted by atomic mass is 32.2. The number of hydrogen-bond donors (Lipinski definition) is 3. The van der Waals surface area contributed by atoms with Gasteiger partial charge in [-0.15, -0.1) is 5.10 Å². The van der Waals surface area contributed by atoms with Gasteiger partial charge in [0.1, 0.15) is 5.76 Å². The highest BCUT2D eigenvalue weighted by Gasteiger charge is 2.12. The fourth-order valence-corrected chi connectivity index (χ4v) is 4.09. The molecule has 0 atom stereocenters. The minimum absolute atomic E-state index is 0.0929. The van der Waals surface area contributed by atoms with Crippen LogP contribution in [-0.2, 0) is 11.3 Å². The van der Waals surface area contributed by atoms with Gasteiger partial charge in [0.15, 0.2) is 5.82 Å². The maximum absolute atomic E-state index is 10.9. The fraction of sp³-hybridized carbons (Fsp3) is 0.0800. The number of aromatic amines is 1. The second-order valence-corrected chi connectivity index (χ2v) is 8.39. The molecule has 0 aliphatic heterocycles. The number of aliphatic carboxylic acids is 1. The Kier molecular flexibility index (Phi) is 5.82. The molecule has 0 amide bonds. The number of nitrogens with one attached hydrogen (secondary N) is 2. The Morgan fingerprint density at radius 2 is 1.82 bits per heavy atom. The topological polar surface area (TPSA) is 104 Å². The third-order valence-corrected chi connectivity index (χ3v) is 5.96. The number of rotatable bonds is 8. The first-order valence-corrected chi connectivity index (χ1v) is 11.3. The normalized spacial score (nSPS) is 11.0. The Morgan fingerprint density at radius 3 is 2.64 bits per heavy atom. The van der Waals surface area contributed by atoms with Gasteiger partial charge in [0.2, 0.25) is 5.16 Å². The number of benzene rings is 3. The molecule has 2 aromatic heterocycles. The van der Waals surface area contributed by atoms with Crippen LogP contribution in [0.4, 0.5) is 5.69 Å². The summed E-state index contributed by atoms with van der Waals surface area (Å²) in [4.78, 5) is 15.3. The predicted octanol–water partition coefficient (Wildman–Crippen LogP) is 5.67. The summed E-state index contributed by atoms with van der Waals surface area (Å²) in [6.07, 6.45) is 1.65. The number of anilines is 1. The summed E-state index contributed by atoms with van der Waals surface area (Å²) in [6.45, 7) is 0.545. The van der Waals surface area contributed by atoms with Crippen molar-refractivity contribution in [3.63, 3.8) is 0 Å². The van der Waals surface area contributed by atoms with E-state index < -0.39 is 5.97 Å². The Labute approximate surface area is 193 Å². The van der Waals surface area contributed by atoms with Crippen molar-refractivity contribution in [1.29, 1.82) is 0 Å². The van der Waals surface area contributed by atoms with E-state index in [0.717, 1.165) is 45.3 Å². The number of carboxylic acid groups (broad SMARTS) is 1. The van der Waals surface area contributed by atoms with E-state index in [0.29, 0.717) is 17.5 Å². The second-order valence-electron chi connectivity index (χ2n) is 7.44. The van der Waals surface area contributed by atoms with Crippen LogP contribution in [0.1, 0.15) is 5.76 Å². The lowest BCUT2D eigenvalue weighted by Crippen LogP contribution is -1.99. The SMILES string of the molecule is O=C(O)CSc1n[nH]c(-c2cc(NCc3ccco3)cc(-c3ccc4ccccc4c3)c2)n1. The van der Waals surface area contributed by atoms with Crippen molar-refractivity contribution in [3.8, 4) is 22.5 Å². The Balaban J connectivity index is 1.51. The van der Waals surface area contributed by atoms with Gasteiger partial charge in [0, 0.05) is 11.3 Å². The zero-order valence-corrected chi connectivity index (χ0v) is 18.3. The maximum Gasteiger partial charge on any atom is 0.313 e. The van der Waals surface area contributed by atoms with E-state index in [9.17, 15) is 4.79 Å². The average Bonchev–Trinajstić information content (AvgIpc) is 3.53. The quantitative estimate of drug-likeness (QED) is 0.258. The lowest BCUT2D eigenvalue weighted by atomic mass is 9.98. The summed E-state index contributed by atoms with van der Waals surface area (Å²) in [5.41, 5.74) is 3.86. The molecule has 0 radical (unpaired) electrons. The summed E-state index contributed by atoms with van der Waals surface area (Å²) in [5.74, 6) is 0.407. The zero-order chi connectivity index (χ0) is 22.6. The lowest BCUT2D eigenvalue weighted by molar-refractivity contribution is -0.133. The van der Waals surface area contributed by atoms with Gasteiger partial charge in [-0.3, -0.25) is 9.89 Å². The van der Waals surface area contributed by atoms with Crippen LogP contribution in [0.25, 0.3) is 33.3 Å². The highest BCUT2D eigenvalue weighted by Crippen LogP contribution is 2.31. The maximum atomic E-state index is 10.9. The minimum atomic E-state index is -0.908. The van der Waals surface area contributed by atoms with Gasteiger partial charge >= 0.3 is 5.97 Å². The van der Waals surface area contributed by atoms with Crippen molar-refractivity contribution in [2.24, 2.45) is 0 Å². The first-order chi connectivity index (χ1) is 16.1. The van der Waals surface area contributed by atoms with Crippen LogP contribution < -0.4 is 5.32 Å². The molecule has 164 valence electrons. The fourth-order valence-electron chi connectivity index (χ4n) is 3.57. The number of aromatic nitrogens is 3. The number of furan rings is 1. The van der Waals surface area contributed by atoms with Crippen LogP contribution in [0.15, 0.2) is 88.6 Å². The lowest BCUT2D eigenvalue weighted by Gasteiger charge is -2.11. The van der Waals surface area contributed by atoms with Crippen LogP contribution in [0.5, 0.6) is 0 Å². The summed E-state index contributed by atoms with van der Waals surface area (Å²) in [6, 6.07) is 24.5. The number of carboxylic acids is 1. The van der Waals surface area contributed by atoms with Crippen LogP contribution in [0.2, 0.25) is 0 Å². The molecule has 33 heavy (non-hydrogen) atoms. The summed E-state index contributed by atoms with van der Waals surface area (Å²) in [5, 5.41) is 22.1. The molecule has 3 aromatic carbocycles. The molecule has 0 bridgehead atoms. The van der Waals surface area contributed by atoms with Crippen LogP contribution in [0.3, 0.4) is 0 Å². The van der Waals surface area contributed by atoms with Crippen molar-refractivity contribution in [1.82, 2.24) is 15.2 Å². The van der Waals surface area contributed by atoms with Gasteiger partial charge in [0.25, 0.3) is 0 Å². The Hall–Kier alpha value is -4.04. The van der Waals surface area contributed by atoms with E-state index >= 15 is 0 Å². The third kappa shape index (κ3) is 4.91. The van der Waals surface area contributed by atoms with Crippen LogP contribution in [0, 0.1) is 0 Å². The molecule has 7 nitrogen and oxygen atoms in total. The standard InChI is InChI=1S/C25H20N4O3S/c30-23(31)15-33-25-27-24(28-29-25)20-11-19(12-21(13-20)26-14-22-6-3-9-32-22)18-8-7-16-4-1-2-5-17(16)10-18/h1-13,26H,14-15H2,(H,30,31)(H,27,28,29). The van der Waals surface area contributed by atoms with Gasteiger partial charge in [0.05, 0.1) is 18.6 Å². The molecule has 5 aromatic rings. The van der Waals surface area contributed by atoms with E-state index in [1.807, 2.05) is 36.4 Å². The van der Waals surface area contributed by atoms with E-state index in [2.05, 4.69) is 56.9 Å². The van der Waals surface area contributed by atoms with E-state index in [4.69, 9.17) is 9.52 Å². The molecule has 0 unspecified atom stereocenters. The molecule has 0 fully saturated rings. The number of hydrogen-bond acceptors (Lipinski definition) is 6. The molecule has 0 aliphatic carbocycles. The molecule has 0 saturated carbocycles. The number of fused-ring (bicyclic) bond motifs is 1. The number of carbonyl (C=O) groups is 1. The van der Waals surface area contributed by atoms with Gasteiger partial charge in [-0.2, -0.15) is 0 Å². The smallest absolute Gasteiger partial charge is 0.313 e. The van der Waals surface area contributed by atoms with E-state index in [1.54, 1.807) is 6.26 Å². The molecule has 5 rings (SSSR count). The Morgan fingerprint density at radius 1 is 0.970 bits per heavy atom. The average molecular weight is 457 g/mol. The van der Waals surface area contributed by atoms with Crippen molar-refractivity contribution in [2.45, 2.75) is 11.7 Å². The van der Waals surface area contributed by atoms with Crippen LogP contribution in [-0.4, -0.2) is 32.0 Å². The summed E-state index contributed by atoms with van der Waals surface area (Å²) >= 11 is 1.08. The number of H-pyrrole nitrogens is 1. The second kappa shape index (κ2) is 9.22. The highest BCUT2D eigenvalue weighted by molar-refractivity contribution is 7.99. The molecule has 3 N–H and O–H groups in total. The monoisotopic (exact) mass is 456 g/mol. The minimum Gasteiger partial charge on any atom is -0.481 e. The first-order valence-electron chi connectivity index (χ1n) is 10.3. The molecular formula is C25H20N4O3S. The molecule has 8 heteroatoms. The number of nitrogens with zero attached hydrogens (tertiary/aromatic N) is 2. The molecule has 2 heterocycles. The number of thioether (sulfide) groups is 1. The first kappa shape index (κ1) is 20.8. The van der Waals surface area contributed by atoms with Gasteiger partial charge in [-0.1, -0.05) is 48.2 Å². The largest absolute Gasteiger partial charge is 0.481 e. The predicted molar refractivity (Wildman–Crippen MR) is 129 cm³/mol. The molecular weight excluding hydrogens is 436 g/mol. The summed E-state index contributed by atoms with van der Waals surface area (Å²) in [7, 11) is 0. The van der Waals surface area contributed by atoms with Crippen molar-refractivity contribution in [3.05, 3.63) is 84.8 Å². The molecule has 0 saturated heterocycles. The Bertz CT molecular complexity index is 1410. The van der Waals surface area contributed by atoms with Crippen LogP contribution >= 0.6 is 11.8 Å². The van der Waals surface area contributed by atoms with Crippen molar-refractivity contribution >= 4 is 34.2 Å². The van der Waals surface area contributed by atoms with Gasteiger partial charge in [-0.25, -0.2) is 4.98 Å². The third-order valence-electron chi connectivity index (χ3n) is 5.13. The summed E-state index contributed by atoms with van der Waals surface area (Å²) < 4.78 is 5.44. The van der Waals surface area contributed by atoms with E-state index in [1.165, 1.54) is 5.39 Å². The molecule has 0 aliphatic rings. The zero-order valence-electron chi connectivity index (χ0n) is 17.5. The molecule has 0 spiro atoms. The van der Waals surface area contributed by atoms with Gasteiger partial charge in [-0.05, 0) is 58.3 Å². The van der Waals surface area contributed by atoms with Crippen molar-refractivity contribution in [2.75, 3.05) is 11.1 Å². The van der Waals surface area contributed by atoms with Crippen molar-refractivity contribution < 1.29 is 14.3 Å². The van der Waals surface area contributed by atoms with E-state index in [-0.39, 0.29) is 5.75 Å².